The first kappa shape index (κ1) is 18.9. The molecule has 0 unspecified atom stereocenters. The molecule has 140 valence electrons. The molecule has 6 heteroatoms. The number of halogens is 1. The molecule has 2 saturated heterocycles. The largest absolute Gasteiger partial charge is 0.492 e. The molecule has 3 rings (SSSR count). The molecule has 0 radical (unpaired) electrons. The maximum atomic E-state index is 10.6. The van der Waals surface area contributed by atoms with Gasteiger partial charge >= 0.3 is 0 Å². The molecule has 5 nitrogen and oxygen atoms in total. The van der Waals surface area contributed by atoms with Crippen molar-refractivity contribution in [2.75, 3.05) is 32.8 Å². The normalized spacial score (nSPS) is 26.7. The van der Waals surface area contributed by atoms with Gasteiger partial charge in [0.25, 0.3) is 0 Å². The van der Waals surface area contributed by atoms with Gasteiger partial charge in [0.1, 0.15) is 5.75 Å². The Labute approximate surface area is 155 Å². The van der Waals surface area contributed by atoms with Gasteiger partial charge in [-0.05, 0) is 43.9 Å². The molecule has 0 amide bonds. The van der Waals surface area contributed by atoms with E-state index >= 15 is 0 Å². The van der Waals surface area contributed by atoms with E-state index in [1.165, 1.54) is 0 Å². The summed E-state index contributed by atoms with van der Waals surface area (Å²) < 4.78 is 5.48. The van der Waals surface area contributed by atoms with Gasteiger partial charge < -0.3 is 14.9 Å². The summed E-state index contributed by atoms with van der Waals surface area (Å²) in [6.07, 6.45) is 2.08. The van der Waals surface area contributed by atoms with Gasteiger partial charge in [-0.2, -0.15) is 0 Å². The van der Waals surface area contributed by atoms with Gasteiger partial charge in [-0.15, -0.1) is 0 Å². The van der Waals surface area contributed by atoms with Crippen molar-refractivity contribution >= 4 is 11.6 Å². The molecule has 25 heavy (non-hydrogen) atoms. The third kappa shape index (κ3) is 4.86. The van der Waals surface area contributed by atoms with Gasteiger partial charge in [-0.1, -0.05) is 17.7 Å². The molecular weight excluding hydrogens is 340 g/mol. The Kier molecular flexibility index (Phi) is 6.58. The Balaban J connectivity index is 1.53. The minimum Gasteiger partial charge on any atom is -0.492 e. The minimum absolute atomic E-state index is 0.169. The van der Waals surface area contributed by atoms with Crippen molar-refractivity contribution in [3.8, 4) is 5.75 Å². The van der Waals surface area contributed by atoms with Crippen LogP contribution < -0.4 is 4.74 Å². The zero-order chi connectivity index (χ0) is 17.8. The third-order valence-electron chi connectivity index (χ3n) is 5.30. The molecule has 0 aromatic heterocycles. The van der Waals surface area contributed by atoms with Crippen LogP contribution in [-0.2, 0) is 6.54 Å². The van der Waals surface area contributed by atoms with Crippen LogP contribution in [0.3, 0.4) is 0 Å². The maximum absolute atomic E-state index is 10.6. The van der Waals surface area contributed by atoms with Crippen LogP contribution in [0.1, 0.15) is 31.7 Å². The molecule has 1 aromatic carbocycles. The van der Waals surface area contributed by atoms with E-state index < -0.39 is 0 Å². The Morgan fingerprint density at radius 3 is 2.56 bits per heavy atom. The molecule has 2 aliphatic heterocycles. The van der Waals surface area contributed by atoms with Crippen molar-refractivity contribution < 1.29 is 14.9 Å². The van der Waals surface area contributed by atoms with Crippen LogP contribution in [-0.4, -0.2) is 71.0 Å². The van der Waals surface area contributed by atoms with Crippen LogP contribution in [0.15, 0.2) is 18.2 Å². The standard InChI is InChI=1S/C19H29ClN2O3/c1-2-25-19-4-3-14(11-16(19)20)12-21-8-7-17(18(24)13-21)22-9-5-15(23)6-10-22/h3-4,11,15,17-18,23-24H,2,5-10,12-13H2,1H3/t17-,18-/m1/s1. The van der Waals surface area contributed by atoms with Gasteiger partial charge in [0.15, 0.2) is 0 Å². The van der Waals surface area contributed by atoms with E-state index in [-0.39, 0.29) is 18.2 Å². The second-order valence-corrected chi connectivity index (χ2v) is 7.53. The van der Waals surface area contributed by atoms with E-state index in [1.54, 1.807) is 0 Å². The Morgan fingerprint density at radius 2 is 1.92 bits per heavy atom. The number of aliphatic hydroxyl groups is 2. The number of likely N-dealkylation sites (tertiary alicyclic amines) is 2. The molecule has 2 heterocycles. The quantitative estimate of drug-likeness (QED) is 0.833. The molecule has 2 fully saturated rings. The SMILES string of the molecule is CCOc1ccc(CN2CC[C@@H](N3CCC(O)CC3)[C@H](O)C2)cc1Cl. The lowest BCUT2D eigenvalue weighted by Crippen LogP contribution is -2.55. The second kappa shape index (κ2) is 8.69. The van der Waals surface area contributed by atoms with Gasteiger partial charge in [-0.25, -0.2) is 0 Å². The third-order valence-corrected chi connectivity index (χ3v) is 5.60. The van der Waals surface area contributed by atoms with Gasteiger partial charge in [0.2, 0.25) is 0 Å². The Bertz CT molecular complexity index is 564. The molecule has 0 aliphatic carbocycles. The summed E-state index contributed by atoms with van der Waals surface area (Å²) in [5, 5.41) is 20.9. The maximum Gasteiger partial charge on any atom is 0.137 e. The molecule has 2 aliphatic rings. The first-order chi connectivity index (χ1) is 12.1. The highest BCUT2D eigenvalue weighted by atomic mass is 35.5. The number of benzene rings is 1. The summed E-state index contributed by atoms with van der Waals surface area (Å²) >= 11 is 6.27. The van der Waals surface area contributed by atoms with E-state index in [4.69, 9.17) is 16.3 Å². The number of β-amino-alcohol motifs (C(OH)–C–C–N with tert-alkyl or cyclic N) is 1. The summed E-state index contributed by atoms with van der Waals surface area (Å²) in [7, 11) is 0. The topological polar surface area (TPSA) is 56.2 Å². The van der Waals surface area contributed by atoms with Crippen molar-refractivity contribution in [1.82, 2.24) is 9.80 Å². The van der Waals surface area contributed by atoms with E-state index in [0.717, 1.165) is 56.8 Å². The average Bonchev–Trinajstić information content (AvgIpc) is 2.59. The van der Waals surface area contributed by atoms with Crippen LogP contribution in [0.4, 0.5) is 0 Å². The number of nitrogens with zero attached hydrogens (tertiary/aromatic N) is 2. The lowest BCUT2D eigenvalue weighted by atomic mass is 9.96. The Morgan fingerprint density at radius 1 is 1.16 bits per heavy atom. The van der Waals surface area contributed by atoms with Crippen molar-refractivity contribution in [2.24, 2.45) is 0 Å². The molecule has 1 aromatic rings. The zero-order valence-electron chi connectivity index (χ0n) is 14.9. The summed E-state index contributed by atoms with van der Waals surface area (Å²) in [4.78, 5) is 4.63. The first-order valence-corrected chi connectivity index (χ1v) is 9.68. The fraction of sp³-hybridized carbons (Fsp3) is 0.684. The predicted octanol–water partition coefficient (Wildman–Crippen LogP) is 2.13. The molecule has 2 atom stereocenters. The van der Waals surface area contributed by atoms with Crippen LogP contribution in [0.25, 0.3) is 0 Å². The number of rotatable bonds is 5. The number of aliphatic hydroxyl groups excluding tert-OH is 2. The lowest BCUT2D eigenvalue weighted by molar-refractivity contribution is -0.0355. The number of ether oxygens (including phenoxy) is 1. The zero-order valence-corrected chi connectivity index (χ0v) is 15.7. The van der Waals surface area contributed by atoms with E-state index in [0.29, 0.717) is 18.2 Å². The Hall–Kier alpha value is -0.850. The van der Waals surface area contributed by atoms with E-state index in [9.17, 15) is 10.2 Å². The predicted molar refractivity (Wildman–Crippen MR) is 99.1 cm³/mol. The second-order valence-electron chi connectivity index (χ2n) is 7.12. The highest BCUT2D eigenvalue weighted by Crippen LogP contribution is 2.27. The highest BCUT2D eigenvalue weighted by molar-refractivity contribution is 6.32. The average molecular weight is 369 g/mol. The summed E-state index contributed by atoms with van der Waals surface area (Å²) in [6, 6.07) is 6.13. The fourth-order valence-corrected chi connectivity index (χ4v) is 4.20. The first-order valence-electron chi connectivity index (χ1n) is 9.30. The van der Waals surface area contributed by atoms with Crippen LogP contribution >= 0.6 is 11.6 Å². The summed E-state index contributed by atoms with van der Waals surface area (Å²) in [6.45, 7) is 6.74. The van der Waals surface area contributed by atoms with Crippen molar-refractivity contribution in [3.05, 3.63) is 28.8 Å². The summed E-state index contributed by atoms with van der Waals surface area (Å²) in [5.41, 5.74) is 1.14. The minimum atomic E-state index is -0.345. The molecule has 2 N–H and O–H groups in total. The van der Waals surface area contributed by atoms with Crippen molar-refractivity contribution in [2.45, 2.75) is 51.0 Å². The number of piperidine rings is 2. The highest BCUT2D eigenvalue weighted by Gasteiger charge is 2.33. The smallest absolute Gasteiger partial charge is 0.137 e. The number of hydrogen-bond acceptors (Lipinski definition) is 5. The van der Waals surface area contributed by atoms with Crippen LogP contribution in [0.2, 0.25) is 5.02 Å². The molecule has 0 saturated carbocycles. The summed E-state index contributed by atoms with van der Waals surface area (Å²) in [5.74, 6) is 0.721. The molecule has 0 spiro atoms. The van der Waals surface area contributed by atoms with E-state index in [1.807, 2.05) is 25.1 Å². The van der Waals surface area contributed by atoms with E-state index in [2.05, 4.69) is 9.80 Å². The van der Waals surface area contributed by atoms with Crippen molar-refractivity contribution in [1.29, 1.82) is 0 Å². The van der Waals surface area contributed by atoms with Crippen LogP contribution in [0, 0.1) is 0 Å². The van der Waals surface area contributed by atoms with Crippen molar-refractivity contribution in [3.63, 3.8) is 0 Å². The lowest BCUT2D eigenvalue weighted by Gasteiger charge is -2.43. The van der Waals surface area contributed by atoms with Gasteiger partial charge in [0, 0.05) is 38.8 Å². The van der Waals surface area contributed by atoms with Crippen LogP contribution in [0.5, 0.6) is 5.75 Å². The van der Waals surface area contributed by atoms with Gasteiger partial charge in [-0.3, -0.25) is 9.80 Å². The number of hydrogen-bond donors (Lipinski definition) is 2. The molecule has 0 bridgehead atoms. The van der Waals surface area contributed by atoms with Gasteiger partial charge in [0.05, 0.1) is 23.8 Å². The molecular formula is C19H29ClN2O3. The fourth-order valence-electron chi connectivity index (χ4n) is 3.95. The monoisotopic (exact) mass is 368 g/mol.